The molecular weight excluding hydrogens is 488 g/mol. The molecule has 38 heavy (non-hydrogen) atoms. The predicted octanol–water partition coefficient (Wildman–Crippen LogP) is 4.54. The van der Waals surface area contributed by atoms with Crippen LogP contribution in [0.25, 0.3) is 10.9 Å². The van der Waals surface area contributed by atoms with Gasteiger partial charge in [-0.3, -0.25) is 19.6 Å². The number of fused-ring (bicyclic) bond motifs is 4. The highest BCUT2D eigenvalue weighted by Gasteiger charge is 2.23. The normalized spacial score (nSPS) is 16.5. The number of amides is 3. The van der Waals surface area contributed by atoms with Crippen molar-refractivity contribution in [3.05, 3.63) is 53.7 Å². The molecule has 0 unspecified atom stereocenters. The molecule has 3 aromatic rings. The van der Waals surface area contributed by atoms with E-state index >= 15 is 0 Å². The molecule has 0 saturated heterocycles. The van der Waals surface area contributed by atoms with Gasteiger partial charge in [0.15, 0.2) is 0 Å². The number of hydrogen-bond donors (Lipinski definition) is 5. The van der Waals surface area contributed by atoms with Gasteiger partial charge in [0.05, 0.1) is 24.0 Å². The minimum absolute atomic E-state index is 0.226. The SMILES string of the molecule is COc1ccc2[nH]c3c(c2c1)C(=O)Nc1ccccc1NC(=O)[C@@H](CCCCCC(=O)NO)OCCCC3. The minimum Gasteiger partial charge on any atom is -0.497 e. The fraction of sp³-hybridized carbons (Fsp3) is 0.393. The topological polar surface area (TPSA) is 142 Å². The van der Waals surface area contributed by atoms with E-state index < -0.39 is 12.0 Å². The number of aromatic amines is 1. The standard InChI is InChI=1S/C28H34N4O6/c1-37-18-14-15-20-19(17-18)26-23(29-20)11-7-8-16-38-24(12-3-2-4-13-25(33)32-36)27(34)30-21-9-5-6-10-22(21)31-28(26)35/h5-6,9-10,14-15,17,24,29,36H,2-4,7-8,11-13,16H2,1H3,(H,30,34)(H,31,35)(H,32,33)/t24-/m1/s1. The van der Waals surface area contributed by atoms with Gasteiger partial charge in [-0.15, -0.1) is 0 Å². The lowest BCUT2D eigenvalue weighted by Crippen LogP contribution is -2.31. The number of aromatic nitrogens is 1. The van der Waals surface area contributed by atoms with Crippen molar-refractivity contribution < 1.29 is 29.1 Å². The summed E-state index contributed by atoms with van der Waals surface area (Å²) in [6.07, 6.45) is 4.21. The number of nitrogens with one attached hydrogen (secondary N) is 4. The number of hydroxylamine groups is 1. The van der Waals surface area contributed by atoms with Crippen molar-refractivity contribution in [2.45, 2.75) is 57.5 Å². The lowest BCUT2D eigenvalue weighted by Gasteiger charge is -2.20. The van der Waals surface area contributed by atoms with Crippen LogP contribution in [0.4, 0.5) is 11.4 Å². The molecule has 1 aliphatic heterocycles. The van der Waals surface area contributed by atoms with Gasteiger partial charge in [-0.1, -0.05) is 25.0 Å². The molecule has 0 spiro atoms. The van der Waals surface area contributed by atoms with E-state index in [9.17, 15) is 14.4 Å². The maximum absolute atomic E-state index is 13.6. The van der Waals surface area contributed by atoms with Crippen LogP contribution in [0.15, 0.2) is 42.5 Å². The number of rotatable bonds is 7. The summed E-state index contributed by atoms with van der Waals surface area (Å²) in [6.45, 7) is 0.405. The number of carbonyl (C=O) groups excluding carboxylic acids is 3. The Labute approximate surface area is 221 Å². The van der Waals surface area contributed by atoms with Crippen molar-refractivity contribution in [1.82, 2.24) is 10.5 Å². The van der Waals surface area contributed by atoms with Gasteiger partial charge in [0.2, 0.25) is 5.91 Å². The Balaban J connectivity index is 1.55. The maximum atomic E-state index is 13.6. The zero-order valence-corrected chi connectivity index (χ0v) is 21.5. The Hall–Kier alpha value is -3.89. The van der Waals surface area contributed by atoms with Crippen LogP contribution in [0.1, 0.15) is 61.0 Å². The van der Waals surface area contributed by atoms with Crippen molar-refractivity contribution in [3.63, 3.8) is 0 Å². The van der Waals surface area contributed by atoms with Crippen LogP contribution >= 0.6 is 0 Å². The molecule has 10 heteroatoms. The van der Waals surface area contributed by atoms with Gasteiger partial charge in [0.1, 0.15) is 11.9 Å². The number of anilines is 2. The van der Waals surface area contributed by atoms with E-state index in [1.807, 2.05) is 18.2 Å². The number of H-pyrrole nitrogens is 1. The molecule has 202 valence electrons. The van der Waals surface area contributed by atoms with Crippen LogP contribution in [0.2, 0.25) is 0 Å². The molecule has 2 aromatic carbocycles. The second-order valence-electron chi connectivity index (χ2n) is 9.33. The van der Waals surface area contributed by atoms with Crippen molar-refractivity contribution in [3.8, 4) is 5.75 Å². The summed E-state index contributed by atoms with van der Waals surface area (Å²) >= 11 is 0. The molecule has 0 fully saturated rings. The summed E-state index contributed by atoms with van der Waals surface area (Å²) in [5.74, 6) is -0.310. The number of methoxy groups -OCH3 is 1. The van der Waals surface area contributed by atoms with Gasteiger partial charge in [0, 0.05) is 29.6 Å². The van der Waals surface area contributed by atoms with Crippen LogP contribution in [-0.4, -0.2) is 47.7 Å². The third kappa shape index (κ3) is 6.70. The van der Waals surface area contributed by atoms with Crippen molar-refractivity contribution in [2.75, 3.05) is 24.4 Å². The predicted molar refractivity (Wildman–Crippen MR) is 144 cm³/mol. The number of hydrogen-bond acceptors (Lipinski definition) is 6. The van der Waals surface area contributed by atoms with E-state index in [0.29, 0.717) is 55.0 Å². The second kappa shape index (κ2) is 13.1. The summed E-state index contributed by atoms with van der Waals surface area (Å²) in [6, 6.07) is 12.7. The Kier molecular flexibility index (Phi) is 9.34. The van der Waals surface area contributed by atoms with E-state index in [0.717, 1.165) is 35.9 Å². The molecule has 0 aliphatic carbocycles. The van der Waals surface area contributed by atoms with Crippen molar-refractivity contribution in [1.29, 1.82) is 0 Å². The average molecular weight is 523 g/mol. The van der Waals surface area contributed by atoms with E-state index in [4.69, 9.17) is 14.7 Å². The summed E-state index contributed by atoms with van der Waals surface area (Å²) < 4.78 is 11.4. The Morgan fingerprint density at radius 1 is 1.08 bits per heavy atom. The molecule has 2 heterocycles. The molecule has 1 aromatic heterocycles. The Morgan fingerprint density at radius 2 is 1.87 bits per heavy atom. The molecule has 3 amide bonds. The number of benzene rings is 2. The fourth-order valence-electron chi connectivity index (χ4n) is 4.67. The van der Waals surface area contributed by atoms with Gasteiger partial charge in [-0.25, -0.2) is 5.48 Å². The molecule has 4 rings (SSSR count). The molecular formula is C28H34N4O6. The number of para-hydroxylation sites is 2. The third-order valence-electron chi connectivity index (χ3n) is 6.67. The van der Waals surface area contributed by atoms with Crippen LogP contribution in [0.5, 0.6) is 5.75 Å². The number of ether oxygens (including phenoxy) is 2. The summed E-state index contributed by atoms with van der Waals surface area (Å²) in [5, 5.41) is 15.3. The zero-order chi connectivity index (χ0) is 26.9. The average Bonchev–Trinajstić information content (AvgIpc) is 3.29. The van der Waals surface area contributed by atoms with Crippen LogP contribution in [0.3, 0.4) is 0 Å². The van der Waals surface area contributed by atoms with Gasteiger partial charge in [0.25, 0.3) is 11.8 Å². The first-order chi connectivity index (χ1) is 18.5. The molecule has 0 radical (unpaired) electrons. The summed E-state index contributed by atoms with van der Waals surface area (Å²) in [4.78, 5) is 41.4. The largest absolute Gasteiger partial charge is 0.497 e. The molecule has 0 saturated carbocycles. The maximum Gasteiger partial charge on any atom is 0.258 e. The van der Waals surface area contributed by atoms with E-state index in [2.05, 4.69) is 15.6 Å². The van der Waals surface area contributed by atoms with Crippen LogP contribution in [-0.2, 0) is 20.7 Å². The first-order valence-corrected chi connectivity index (χ1v) is 12.9. The van der Waals surface area contributed by atoms with Gasteiger partial charge < -0.3 is 25.1 Å². The van der Waals surface area contributed by atoms with E-state index in [1.165, 1.54) is 0 Å². The first kappa shape index (κ1) is 27.2. The lowest BCUT2D eigenvalue weighted by atomic mass is 10.0. The zero-order valence-electron chi connectivity index (χ0n) is 21.5. The summed E-state index contributed by atoms with van der Waals surface area (Å²) in [7, 11) is 1.59. The first-order valence-electron chi connectivity index (χ1n) is 12.9. The monoisotopic (exact) mass is 522 g/mol. The van der Waals surface area contributed by atoms with E-state index in [-0.39, 0.29) is 18.2 Å². The van der Waals surface area contributed by atoms with Crippen LogP contribution < -0.4 is 20.9 Å². The number of carbonyl (C=O) groups is 3. The third-order valence-corrected chi connectivity index (χ3v) is 6.67. The lowest BCUT2D eigenvalue weighted by molar-refractivity contribution is -0.129. The van der Waals surface area contributed by atoms with Gasteiger partial charge in [-0.2, -0.15) is 0 Å². The fourth-order valence-corrected chi connectivity index (χ4v) is 4.67. The number of aryl methyl sites for hydroxylation is 1. The highest BCUT2D eigenvalue weighted by molar-refractivity contribution is 6.15. The molecule has 10 nitrogen and oxygen atoms in total. The van der Waals surface area contributed by atoms with Crippen LogP contribution in [0, 0.1) is 0 Å². The Bertz CT molecular complexity index is 1290. The van der Waals surface area contributed by atoms with Gasteiger partial charge in [-0.05, 0) is 62.4 Å². The molecule has 1 atom stereocenters. The summed E-state index contributed by atoms with van der Waals surface area (Å²) in [5.41, 5.74) is 4.85. The molecule has 5 N–H and O–H groups in total. The molecule has 0 bridgehead atoms. The smallest absolute Gasteiger partial charge is 0.258 e. The van der Waals surface area contributed by atoms with Crippen molar-refractivity contribution in [2.24, 2.45) is 0 Å². The Morgan fingerprint density at radius 3 is 2.63 bits per heavy atom. The number of unbranched alkanes of at least 4 members (excludes halogenated alkanes) is 2. The van der Waals surface area contributed by atoms with E-state index in [1.54, 1.807) is 36.9 Å². The second-order valence-corrected chi connectivity index (χ2v) is 9.33. The van der Waals surface area contributed by atoms with Gasteiger partial charge >= 0.3 is 0 Å². The van der Waals surface area contributed by atoms with Crippen molar-refractivity contribution >= 4 is 40.0 Å². The minimum atomic E-state index is -0.663. The highest BCUT2D eigenvalue weighted by atomic mass is 16.5. The highest BCUT2D eigenvalue weighted by Crippen LogP contribution is 2.30. The molecule has 1 aliphatic rings. The quantitative estimate of drug-likeness (QED) is 0.175.